The first-order valence-corrected chi connectivity index (χ1v) is 6.81. The molecule has 112 valence electrons. The zero-order valence-corrected chi connectivity index (χ0v) is 12.1. The molecule has 2 aromatic heterocycles. The van der Waals surface area contributed by atoms with Crippen LogP contribution in [0.2, 0.25) is 0 Å². The van der Waals surface area contributed by atoms with Crippen molar-refractivity contribution in [2.75, 3.05) is 23.8 Å². The third-order valence-electron chi connectivity index (χ3n) is 2.98. The molecule has 0 fully saturated rings. The first kappa shape index (κ1) is 15.2. The van der Waals surface area contributed by atoms with Crippen LogP contribution in [0.3, 0.4) is 0 Å². The summed E-state index contributed by atoms with van der Waals surface area (Å²) in [6.45, 7) is 3.01. The second kappa shape index (κ2) is 6.97. The molecule has 21 heavy (non-hydrogen) atoms. The number of pyridine rings is 2. The molecule has 0 saturated carbocycles. The number of anilines is 2. The van der Waals surface area contributed by atoms with Crippen molar-refractivity contribution >= 4 is 11.6 Å². The first-order valence-electron chi connectivity index (χ1n) is 6.81. The normalized spacial score (nSPS) is 10.5. The minimum Gasteiger partial charge on any atom is -0.368 e. The lowest BCUT2D eigenvalue weighted by atomic mass is 10.2. The molecule has 4 nitrogen and oxygen atoms in total. The van der Waals surface area contributed by atoms with Crippen molar-refractivity contribution in [3.05, 3.63) is 47.8 Å². The molecular formula is C15H18F2N4. The Balaban J connectivity index is 2.21. The molecule has 2 heterocycles. The summed E-state index contributed by atoms with van der Waals surface area (Å²) in [5.74, 6) is -1.16. The lowest BCUT2D eigenvalue weighted by Crippen LogP contribution is -2.20. The average molecular weight is 292 g/mol. The molecule has 2 aromatic rings. The fraction of sp³-hybridized carbons (Fsp3) is 0.333. The molecule has 0 aromatic carbocycles. The fourth-order valence-electron chi connectivity index (χ4n) is 1.93. The third kappa shape index (κ3) is 3.87. The van der Waals surface area contributed by atoms with Crippen LogP contribution in [0.4, 0.5) is 20.4 Å². The van der Waals surface area contributed by atoms with Gasteiger partial charge in [0.05, 0.1) is 0 Å². The van der Waals surface area contributed by atoms with E-state index < -0.39 is 11.6 Å². The maximum atomic E-state index is 13.9. The van der Waals surface area contributed by atoms with Crippen LogP contribution in [0.1, 0.15) is 18.9 Å². The second-order valence-electron chi connectivity index (χ2n) is 4.76. The van der Waals surface area contributed by atoms with Crippen molar-refractivity contribution < 1.29 is 8.78 Å². The summed E-state index contributed by atoms with van der Waals surface area (Å²) < 4.78 is 27.6. The lowest BCUT2D eigenvalue weighted by molar-refractivity contribution is 0.572. The topological polar surface area (TPSA) is 41.1 Å². The van der Waals surface area contributed by atoms with Crippen molar-refractivity contribution in [1.82, 2.24) is 9.97 Å². The molecule has 0 radical (unpaired) electrons. The average Bonchev–Trinajstić information content (AvgIpc) is 2.47. The van der Waals surface area contributed by atoms with Crippen LogP contribution in [-0.4, -0.2) is 23.6 Å². The minimum absolute atomic E-state index is 0.0785. The Hall–Kier alpha value is -2.24. The number of halogens is 2. The minimum atomic E-state index is -0.679. The predicted molar refractivity (Wildman–Crippen MR) is 79.3 cm³/mol. The second-order valence-corrected chi connectivity index (χ2v) is 4.76. The number of rotatable bonds is 6. The molecule has 0 aliphatic carbocycles. The van der Waals surface area contributed by atoms with E-state index in [1.165, 1.54) is 0 Å². The highest BCUT2D eigenvalue weighted by Crippen LogP contribution is 2.22. The summed E-state index contributed by atoms with van der Waals surface area (Å²) in [5, 5.41) is 2.86. The van der Waals surface area contributed by atoms with Gasteiger partial charge in [-0.2, -0.15) is 0 Å². The molecule has 0 saturated heterocycles. The Morgan fingerprint density at radius 1 is 1.19 bits per heavy atom. The van der Waals surface area contributed by atoms with Crippen LogP contribution < -0.4 is 10.2 Å². The molecule has 1 N–H and O–H groups in total. The number of nitrogens with one attached hydrogen (secondary N) is 1. The van der Waals surface area contributed by atoms with Gasteiger partial charge in [-0.15, -0.1) is 0 Å². The summed E-state index contributed by atoms with van der Waals surface area (Å²) >= 11 is 0. The lowest BCUT2D eigenvalue weighted by Gasteiger charge is -2.20. The smallest absolute Gasteiger partial charge is 0.168 e. The molecule has 0 unspecified atom stereocenters. The number of hydrogen-bond donors (Lipinski definition) is 1. The quantitative estimate of drug-likeness (QED) is 0.887. The fourth-order valence-corrected chi connectivity index (χ4v) is 1.93. The molecule has 0 aliphatic rings. The highest BCUT2D eigenvalue weighted by atomic mass is 19.1. The summed E-state index contributed by atoms with van der Waals surface area (Å²) in [5.41, 5.74) is 0.973. The third-order valence-corrected chi connectivity index (χ3v) is 2.98. The van der Waals surface area contributed by atoms with Crippen LogP contribution in [0, 0.1) is 11.6 Å². The van der Waals surface area contributed by atoms with Gasteiger partial charge in [0.2, 0.25) is 0 Å². The van der Waals surface area contributed by atoms with Gasteiger partial charge in [-0.05, 0) is 24.1 Å². The highest BCUT2D eigenvalue weighted by molar-refractivity contribution is 5.49. The van der Waals surface area contributed by atoms with Crippen molar-refractivity contribution in [2.45, 2.75) is 19.9 Å². The Labute approximate surface area is 122 Å². The van der Waals surface area contributed by atoms with Crippen LogP contribution >= 0.6 is 0 Å². The molecule has 0 atom stereocenters. The monoisotopic (exact) mass is 292 g/mol. The van der Waals surface area contributed by atoms with E-state index in [0.717, 1.165) is 18.1 Å². The van der Waals surface area contributed by atoms with Gasteiger partial charge in [0.15, 0.2) is 23.3 Å². The van der Waals surface area contributed by atoms with Gasteiger partial charge in [0, 0.05) is 38.6 Å². The first-order chi connectivity index (χ1) is 10.1. The zero-order valence-electron chi connectivity index (χ0n) is 12.1. The van der Waals surface area contributed by atoms with Gasteiger partial charge in [-0.1, -0.05) is 6.92 Å². The van der Waals surface area contributed by atoms with E-state index in [1.54, 1.807) is 24.3 Å². The largest absolute Gasteiger partial charge is 0.368 e. The molecule has 0 amide bonds. The molecular weight excluding hydrogens is 274 g/mol. The van der Waals surface area contributed by atoms with E-state index >= 15 is 0 Å². The van der Waals surface area contributed by atoms with Crippen LogP contribution in [0.5, 0.6) is 0 Å². The Kier molecular flexibility index (Phi) is 5.03. The molecule has 2 rings (SSSR count). The van der Waals surface area contributed by atoms with Crippen molar-refractivity contribution in [3.8, 4) is 0 Å². The Bertz CT molecular complexity index is 590. The summed E-state index contributed by atoms with van der Waals surface area (Å²) in [6, 6.07) is 4.55. The van der Waals surface area contributed by atoms with Crippen LogP contribution in [0.15, 0.2) is 30.6 Å². The Morgan fingerprint density at radius 3 is 2.57 bits per heavy atom. The van der Waals surface area contributed by atoms with E-state index in [0.29, 0.717) is 13.1 Å². The van der Waals surface area contributed by atoms with Gasteiger partial charge >= 0.3 is 0 Å². The number of aromatic nitrogens is 2. The summed E-state index contributed by atoms with van der Waals surface area (Å²) in [4.78, 5) is 9.63. The van der Waals surface area contributed by atoms with Gasteiger partial charge in [-0.3, -0.25) is 4.98 Å². The van der Waals surface area contributed by atoms with E-state index in [9.17, 15) is 8.78 Å². The molecule has 0 bridgehead atoms. The molecule has 0 aliphatic heterocycles. The SMILES string of the molecule is CCCNc1nc(N(C)Cc2ccncc2)c(F)cc1F. The maximum absolute atomic E-state index is 13.9. The van der Waals surface area contributed by atoms with Gasteiger partial charge < -0.3 is 10.2 Å². The predicted octanol–water partition coefficient (Wildman–Crippen LogP) is 3.21. The zero-order chi connectivity index (χ0) is 15.2. The standard InChI is InChI=1S/C15H18F2N4/c1-3-6-19-14-12(16)9-13(17)15(20-14)21(2)10-11-4-7-18-8-5-11/h4-5,7-9H,3,6,10H2,1-2H3,(H,19,20). The Morgan fingerprint density at radius 2 is 1.90 bits per heavy atom. The van der Waals surface area contributed by atoms with Crippen LogP contribution in [0.25, 0.3) is 0 Å². The van der Waals surface area contributed by atoms with Gasteiger partial charge in [-0.25, -0.2) is 13.8 Å². The van der Waals surface area contributed by atoms with Crippen molar-refractivity contribution in [1.29, 1.82) is 0 Å². The highest BCUT2D eigenvalue weighted by Gasteiger charge is 2.15. The van der Waals surface area contributed by atoms with Gasteiger partial charge in [0.1, 0.15) is 0 Å². The van der Waals surface area contributed by atoms with Gasteiger partial charge in [0.25, 0.3) is 0 Å². The number of hydrogen-bond acceptors (Lipinski definition) is 4. The van der Waals surface area contributed by atoms with E-state index in [1.807, 2.05) is 19.1 Å². The summed E-state index contributed by atoms with van der Waals surface area (Å²) in [6.07, 6.45) is 4.18. The van der Waals surface area contributed by atoms with Crippen LogP contribution in [-0.2, 0) is 6.54 Å². The van der Waals surface area contributed by atoms with Crippen molar-refractivity contribution in [2.24, 2.45) is 0 Å². The van der Waals surface area contributed by atoms with Crippen molar-refractivity contribution in [3.63, 3.8) is 0 Å². The maximum Gasteiger partial charge on any atom is 0.168 e. The molecule has 0 spiro atoms. The van der Waals surface area contributed by atoms with E-state index in [-0.39, 0.29) is 11.6 Å². The molecule has 6 heteroatoms. The van der Waals surface area contributed by atoms with E-state index in [4.69, 9.17) is 0 Å². The van der Waals surface area contributed by atoms with E-state index in [2.05, 4.69) is 15.3 Å². The summed E-state index contributed by atoms with van der Waals surface area (Å²) in [7, 11) is 1.72. The number of nitrogens with zero attached hydrogens (tertiary/aromatic N) is 3.